The van der Waals surface area contributed by atoms with Crippen LogP contribution in [0.5, 0.6) is 5.75 Å². The number of nitrogens with one attached hydrogen (secondary N) is 1. The molecule has 1 aliphatic heterocycles. The number of fused-ring (bicyclic) bond motifs is 1. The Labute approximate surface area is 192 Å². The maximum Gasteiger partial charge on any atom is 0.573 e. The number of piperidine rings is 1. The number of halogens is 3. The van der Waals surface area contributed by atoms with Gasteiger partial charge in [0.25, 0.3) is 0 Å². The van der Waals surface area contributed by atoms with Gasteiger partial charge in [0.15, 0.2) is 0 Å². The molecule has 33 heavy (non-hydrogen) atoms. The molecule has 3 heterocycles. The fourth-order valence-corrected chi connectivity index (χ4v) is 4.47. The first-order chi connectivity index (χ1) is 15.4. The smallest absolute Gasteiger partial charge is 0.444 e. The van der Waals surface area contributed by atoms with Crippen molar-refractivity contribution in [3.8, 4) is 17.0 Å². The Balaban J connectivity index is 1.45. The van der Waals surface area contributed by atoms with Crippen molar-refractivity contribution in [1.29, 1.82) is 0 Å². The SMILES string of the molecule is CC(C)(C)OC(=O)NC1CCCN(c2nn3cc(-c4cccc(OC(F)(F)F)c4)nc3s2)C1. The lowest BCUT2D eigenvalue weighted by molar-refractivity contribution is -0.274. The monoisotopic (exact) mass is 483 g/mol. The Kier molecular flexibility index (Phi) is 6.12. The molecule has 12 heteroatoms. The molecule has 1 atom stereocenters. The summed E-state index contributed by atoms with van der Waals surface area (Å²) in [4.78, 5) is 19.3. The lowest BCUT2D eigenvalue weighted by Crippen LogP contribution is -2.49. The van der Waals surface area contributed by atoms with Crippen LogP contribution in [0.2, 0.25) is 0 Å². The predicted octanol–water partition coefficient (Wildman–Crippen LogP) is 4.85. The molecular weight excluding hydrogens is 459 g/mol. The molecule has 1 N–H and O–H groups in total. The maximum atomic E-state index is 12.5. The van der Waals surface area contributed by atoms with Gasteiger partial charge in [-0.2, -0.15) is 0 Å². The molecule has 4 rings (SSSR count). The van der Waals surface area contributed by atoms with E-state index in [9.17, 15) is 18.0 Å². The third-order valence-electron chi connectivity index (χ3n) is 4.81. The predicted molar refractivity (Wildman–Crippen MR) is 118 cm³/mol. The van der Waals surface area contributed by atoms with E-state index >= 15 is 0 Å². The minimum Gasteiger partial charge on any atom is -0.444 e. The summed E-state index contributed by atoms with van der Waals surface area (Å²) in [5.74, 6) is -0.304. The zero-order valence-corrected chi connectivity index (χ0v) is 19.2. The van der Waals surface area contributed by atoms with E-state index in [2.05, 4.69) is 25.0 Å². The second-order valence-electron chi connectivity index (χ2n) is 8.74. The maximum absolute atomic E-state index is 12.5. The summed E-state index contributed by atoms with van der Waals surface area (Å²) >= 11 is 1.38. The lowest BCUT2D eigenvalue weighted by atomic mass is 10.1. The van der Waals surface area contributed by atoms with Crippen LogP contribution in [0.15, 0.2) is 30.5 Å². The lowest BCUT2D eigenvalue weighted by Gasteiger charge is -2.33. The molecule has 0 aliphatic carbocycles. The van der Waals surface area contributed by atoms with E-state index in [1.165, 1.54) is 29.5 Å². The van der Waals surface area contributed by atoms with E-state index in [1.54, 1.807) is 16.8 Å². The molecule has 0 bridgehead atoms. The molecule has 1 amide bonds. The summed E-state index contributed by atoms with van der Waals surface area (Å²) in [6.07, 6.45) is -1.79. The number of hydrogen-bond acceptors (Lipinski definition) is 7. The second-order valence-corrected chi connectivity index (χ2v) is 9.68. The number of amides is 1. The summed E-state index contributed by atoms with van der Waals surface area (Å²) in [5.41, 5.74) is 0.432. The molecule has 3 aromatic rings. The average Bonchev–Trinajstić information content (AvgIpc) is 3.25. The minimum absolute atomic E-state index is 0.0586. The molecule has 178 valence electrons. The molecule has 1 unspecified atom stereocenters. The first-order valence-electron chi connectivity index (χ1n) is 10.4. The number of rotatable bonds is 4. The van der Waals surface area contributed by atoms with Crippen LogP contribution in [0.1, 0.15) is 33.6 Å². The van der Waals surface area contributed by atoms with Gasteiger partial charge < -0.3 is 19.7 Å². The summed E-state index contributed by atoms with van der Waals surface area (Å²) < 4.78 is 48.4. The van der Waals surface area contributed by atoms with Gasteiger partial charge in [-0.25, -0.2) is 14.3 Å². The van der Waals surface area contributed by atoms with E-state index in [-0.39, 0.29) is 11.8 Å². The highest BCUT2D eigenvalue weighted by Crippen LogP contribution is 2.31. The first kappa shape index (κ1) is 23.1. The molecule has 0 saturated carbocycles. The molecule has 1 fully saturated rings. The highest BCUT2D eigenvalue weighted by Gasteiger charge is 2.31. The van der Waals surface area contributed by atoms with Gasteiger partial charge in [-0.1, -0.05) is 23.5 Å². The molecule has 0 spiro atoms. The number of nitrogens with zero attached hydrogens (tertiary/aromatic N) is 4. The van der Waals surface area contributed by atoms with Crippen LogP contribution in [-0.2, 0) is 4.74 Å². The standard InChI is InChI=1S/C21H24F3N5O3S/c1-20(2,3)32-19(30)25-14-7-5-9-28(11-14)18-27-29-12-16(26-17(29)33-18)13-6-4-8-15(10-13)31-21(22,23)24/h4,6,8,10,12,14H,5,7,9,11H2,1-3H3,(H,25,30). The third-order valence-corrected chi connectivity index (χ3v) is 5.79. The topological polar surface area (TPSA) is 81.0 Å². The van der Waals surface area contributed by atoms with Gasteiger partial charge in [0.05, 0.1) is 11.9 Å². The molecule has 2 aromatic heterocycles. The Morgan fingerprint density at radius 2 is 2.06 bits per heavy atom. The number of imidazole rings is 1. The van der Waals surface area contributed by atoms with Crippen molar-refractivity contribution in [1.82, 2.24) is 19.9 Å². The minimum atomic E-state index is -4.76. The van der Waals surface area contributed by atoms with Crippen molar-refractivity contribution in [3.63, 3.8) is 0 Å². The Morgan fingerprint density at radius 1 is 1.27 bits per heavy atom. The van der Waals surface area contributed by atoms with Gasteiger partial charge in [0.2, 0.25) is 10.1 Å². The fraction of sp³-hybridized carbons (Fsp3) is 0.476. The number of ether oxygens (including phenoxy) is 2. The first-order valence-corrected chi connectivity index (χ1v) is 11.2. The Hall–Kier alpha value is -3.02. The molecule has 1 aromatic carbocycles. The van der Waals surface area contributed by atoms with E-state index in [1.807, 2.05) is 20.8 Å². The van der Waals surface area contributed by atoms with Crippen molar-refractivity contribution < 1.29 is 27.4 Å². The molecular formula is C21H24F3N5O3S. The van der Waals surface area contributed by atoms with E-state index in [4.69, 9.17) is 4.74 Å². The van der Waals surface area contributed by atoms with Crippen LogP contribution in [0.25, 0.3) is 16.2 Å². The highest BCUT2D eigenvalue weighted by atomic mass is 32.1. The van der Waals surface area contributed by atoms with Gasteiger partial charge in [0, 0.05) is 24.7 Å². The van der Waals surface area contributed by atoms with E-state index < -0.39 is 18.1 Å². The van der Waals surface area contributed by atoms with Crippen LogP contribution in [0.4, 0.5) is 23.1 Å². The van der Waals surface area contributed by atoms with Gasteiger partial charge in [-0.3, -0.25) is 0 Å². The van der Waals surface area contributed by atoms with Crippen molar-refractivity contribution >= 4 is 27.5 Å². The number of hydrogen-bond donors (Lipinski definition) is 1. The molecule has 1 saturated heterocycles. The largest absolute Gasteiger partial charge is 0.573 e. The zero-order chi connectivity index (χ0) is 23.8. The number of carbonyl (C=O) groups is 1. The van der Waals surface area contributed by atoms with Crippen molar-refractivity contribution in [2.45, 2.75) is 51.6 Å². The van der Waals surface area contributed by atoms with Crippen molar-refractivity contribution in [3.05, 3.63) is 30.5 Å². The molecule has 0 radical (unpaired) electrons. The quantitative estimate of drug-likeness (QED) is 0.572. The van der Waals surface area contributed by atoms with Gasteiger partial charge in [0.1, 0.15) is 11.4 Å². The summed E-state index contributed by atoms with van der Waals surface area (Å²) in [6.45, 7) is 6.85. The van der Waals surface area contributed by atoms with Crippen LogP contribution >= 0.6 is 11.3 Å². The van der Waals surface area contributed by atoms with Gasteiger partial charge in [-0.15, -0.1) is 18.3 Å². The van der Waals surface area contributed by atoms with Crippen LogP contribution in [0, 0.1) is 0 Å². The van der Waals surface area contributed by atoms with Crippen LogP contribution in [0.3, 0.4) is 0 Å². The van der Waals surface area contributed by atoms with Crippen LogP contribution in [-0.4, -0.2) is 51.8 Å². The number of alkyl halides is 3. The summed E-state index contributed by atoms with van der Waals surface area (Å²) in [7, 11) is 0. The fourth-order valence-electron chi connectivity index (χ4n) is 3.55. The number of anilines is 1. The van der Waals surface area contributed by atoms with Gasteiger partial charge >= 0.3 is 12.5 Å². The number of carbonyl (C=O) groups excluding carboxylic acids is 1. The normalized spacial score (nSPS) is 17.3. The summed E-state index contributed by atoms with van der Waals surface area (Å²) in [6, 6.07) is 5.61. The van der Waals surface area contributed by atoms with Crippen LogP contribution < -0.4 is 15.0 Å². The van der Waals surface area contributed by atoms with E-state index in [0.29, 0.717) is 22.8 Å². The highest BCUT2D eigenvalue weighted by molar-refractivity contribution is 7.20. The summed E-state index contributed by atoms with van der Waals surface area (Å²) in [5, 5.41) is 8.25. The van der Waals surface area contributed by atoms with E-state index in [0.717, 1.165) is 24.5 Å². The average molecular weight is 484 g/mol. The molecule has 8 nitrogen and oxygen atoms in total. The Bertz CT molecular complexity index is 1110. The Morgan fingerprint density at radius 3 is 2.76 bits per heavy atom. The number of aromatic nitrogens is 3. The number of alkyl carbamates (subject to hydrolysis) is 1. The molecule has 1 aliphatic rings. The number of benzene rings is 1. The second kappa shape index (κ2) is 8.73. The van der Waals surface area contributed by atoms with Crippen molar-refractivity contribution in [2.75, 3.05) is 18.0 Å². The third kappa shape index (κ3) is 6.06. The zero-order valence-electron chi connectivity index (χ0n) is 18.3. The van der Waals surface area contributed by atoms with Crippen molar-refractivity contribution in [2.24, 2.45) is 0 Å². The van der Waals surface area contributed by atoms with Gasteiger partial charge in [-0.05, 0) is 45.7 Å².